The van der Waals surface area contributed by atoms with Crippen LogP contribution in [0.4, 0.5) is 4.79 Å². The zero-order valence-electron chi connectivity index (χ0n) is 15.6. The molecule has 0 aliphatic heterocycles. The fourth-order valence-corrected chi connectivity index (χ4v) is 2.37. The fraction of sp³-hybridized carbons (Fsp3) is 0.444. The molecule has 0 aliphatic carbocycles. The van der Waals surface area contributed by atoms with Crippen molar-refractivity contribution < 1.29 is 9.59 Å². The van der Waals surface area contributed by atoms with Gasteiger partial charge in [0.25, 0.3) is 0 Å². The SMILES string of the molecule is CC(C)CNC(=O)NC(=O)CN(C)C(C)c1ccc(-n2cncn2)cc1. The van der Waals surface area contributed by atoms with Gasteiger partial charge in [-0.3, -0.25) is 15.0 Å². The standard InChI is InChI=1S/C18H26N6O2/c1-13(2)9-20-18(26)22-17(25)10-23(4)14(3)15-5-7-16(8-6-15)24-12-19-11-21-24/h5-8,11-14H,9-10H2,1-4H3,(H2,20,22,25,26). The van der Waals surface area contributed by atoms with Crippen LogP contribution in [0.25, 0.3) is 5.69 Å². The van der Waals surface area contributed by atoms with Gasteiger partial charge in [-0.25, -0.2) is 14.5 Å². The molecule has 2 N–H and O–H groups in total. The first-order valence-electron chi connectivity index (χ1n) is 8.59. The van der Waals surface area contributed by atoms with Gasteiger partial charge in [0.15, 0.2) is 0 Å². The van der Waals surface area contributed by atoms with Crippen molar-refractivity contribution in [1.82, 2.24) is 30.3 Å². The van der Waals surface area contributed by atoms with Crippen LogP contribution in [0.3, 0.4) is 0 Å². The highest BCUT2D eigenvalue weighted by Crippen LogP contribution is 2.19. The smallest absolute Gasteiger partial charge is 0.321 e. The van der Waals surface area contributed by atoms with E-state index in [0.29, 0.717) is 12.5 Å². The number of imide groups is 1. The van der Waals surface area contributed by atoms with E-state index >= 15 is 0 Å². The molecule has 1 atom stereocenters. The first-order valence-corrected chi connectivity index (χ1v) is 8.59. The molecule has 3 amide bonds. The Morgan fingerprint density at radius 1 is 1.19 bits per heavy atom. The number of rotatable bonds is 7. The molecule has 0 spiro atoms. The first-order chi connectivity index (χ1) is 12.4. The maximum atomic E-state index is 12.0. The van der Waals surface area contributed by atoms with Gasteiger partial charge >= 0.3 is 6.03 Å². The van der Waals surface area contributed by atoms with Crippen molar-refractivity contribution >= 4 is 11.9 Å². The van der Waals surface area contributed by atoms with Crippen molar-refractivity contribution in [3.05, 3.63) is 42.5 Å². The van der Waals surface area contributed by atoms with Crippen molar-refractivity contribution in [2.24, 2.45) is 5.92 Å². The molecular formula is C18H26N6O2. The summed E-state index contributed by atoms with van der Waals surface area (Å²) in [7, 11) is 1.85. The number of carbonyl (C=O) groups is 2. The Morgan fingerprint density at radius 3 is 2.46 bits per heavy atom. The maximum Gasteiger partial charge on any atom is 0.321 e. The minimum absolute atomic E-state index is 0.0178. The molecule has 2 rings (SSSR count). The van der Waals surface area contributed by atoms with Crippen LogP contribution in [-0.2, 0) is 4.79 Å². The minimum Gasteiger partial charge on any atom is -0.338 e. The summed E-state index contributed by atoms with van der Waals surface area (Å²) in [6, 6.07) is 7.45. The molecule has 0 saturated heterocycles. The van der Waals surface area contributed by atoms with E-state index in [4.69, 9.17) is 0 Å². The van der Waals surface area contributed by atoms with Crippen molar-refractivity contribution in [3.8, 4) is 5.69 Å². The summed E-state index contributed by atoms with van der Waals surface area (Å²) in [5.41, 5.74) is 1.98. The van der Waals surface area contributed by atoms with E-state index in [1.807, 2.05) is 57.0 Å². The molecule has 1 aromatic heterocycles. The first kappa shape index (κ1) is 19.6. The predicted octanol–water partition coefficient (Wildman–Crippen LogP) is 1.74. The Labute approximate surface area is 153 Å². The number of urea groups is 1. The average molecular weight is 358 g/mol. The summed E-state index contributed by atoms with van der Waals surface area (Å²) < 4.78 is 1.68. The lowest BCUT2D eigenvalue weighted by Crippen LogP contribution is -2.45. The number of benzene rings is 1. The van der Waals surface area contributed by atoms with Gasteiger partial charge in [0.05, 0.1) is 12.2 Å². The van der Waals surface area contributed by atoms with Crippen molar-refractivity contribution in [2.45, 2.75) is 26.8 Å². The second-order valence-electron chi connectivity index (χ2n) is 6.67. The molecule has 0 radical (unpaired) electrons. The third-order valence-corrected chi connectivity index (χ3v) is 4.04. The molecule has 8 nitrogen and oxygen atoms in total. The van der Waals surface area contributed by atoms with E-state index < -0.39 is 6.03 Å². The Morgan fingerprint density at radius 2 is 1.88 bits per heavy atom. The zero-order chi connectivity index (χ0) is 19.1. The van der Waals surface area contributed by atoms with Gasteiger partial charge < -0.3 is 5.32 Å². The zero-order valence-corrected chi connectivity index (χ0v) is 15.6. The Kier molecular flexibility index (Phi) is 6.85. The molecule has 0 saturated carbocycles. The summed E-state index contributed by atoms with van der Waals surface area (Å²) in [6.07, 6.45) is 3.12. The number of nitrogens with one attached hydrogen (secondary N) is 2. The molecule has 0 fully saturated rings. The summed E-state index contributed by atoms with van der Waals surface area (Å²) >= 11 is 0. The normalized spacial score (nSPS) is 12.2. The summed E-state index contributed by atoms with van der Waals surface area (Å²) in [5.74, 6) is -0.00103. The van der Waals surface area contributed by atoms with Crippen LogP contribution < -0.4 is 10.6 Å². The Bertz CT molecular complexity index is 712. The van der Waals surface area contributed by atoms with Gasteiger partial charge in [-0.1, -0.05) is 26.0 Å². The van der Waals surface area contributed by atoms with Gasteiger partial charge in [-0.2, -0.15) is 5.10 Å². The second kappa shape index (κ2) is 9.10. The lowest BCUT2D eigenvalue weighted by Gasteiger charge is -2.24. The number of likely N-dealkylation sites (N-methyl/N-ethyl adjacent to an activating group) is 1. The van der Waals surface area contributed by atoms with E-state index in [1.54, 1.807) is 11.0 Å². The number of hydrogen-bond acceptors (Lipinski definition) is 5. The van der Waals surface area contributed by atoms with Crippen molar-refractivity contribution in [3.63, 3.8) is 0 Å². The second-order valence-corrected chi connectivity index (χ2v) is 6.67. The molecule has 140 valence electrons. The lowest BCUT2D eigenvalue weighted by molar-refractivity contribution is -0.121. The summed E-state index contributed by atoms with van der Waals surface area (Å²) in [6.45, 7) is 6.65. The Hall–Kier alpha value is -2.74. The molecule has 0 aliphatic rings. The van der Waals surface area contributed by atoms with E-state index in [0.717, 1.165) is 11.3 Å². The van der Waals surface area contributed by atoms with E-state index in [1.165, 1.54) is 6.33 Å². The molecule has 1 heterocycles. The van der Waals surface area contributed by atoms with Crippen LogP contribution in [0.1, 0.15) is 32.4 Å². The average Bonchev–Trinajstić information content (AvgIpc) is 3.14. The lowest BCUT2D eigenvalue weighted by atomic mass is 10.1. The fourth-order valence-electron chi connectivity index (χ4n) is 2.37. The van der Waals surface area contributed by atoms with E-state index in [9.17, 15) is 9.59 Å². The highest BCUT2D eigenvalue weighted by atomic mass is 16.2. The third-order valence-electron chi connectivity index (χ3n) is 4.04. The van der Waals surface area contributed by atoms with Gasteiger partial charge in [-0.15, -0.1) is 0 Å². The van der Waals surface area contributed by atoms with E-state index in [-0.39, 0.29) is 18.5 Å². The predicted molar refractivity (Wildman–Crippen MR) is 98.8 cm³/mol. The van der Waals surface area contributed by atoms with Crippen LogP contribution >= 0.6 is 0 Å². The van der Waals surface area contributed by atoms with E-state index in [2.05, 4.69) is 20.7 Å². The quantitative estimate of drug-likeness (QED) is 0.787. The van der Waals surface area contributed by atoms with Crippen LogP contribution in [0, 0.1) is 5.92 Å². The molecule has 0 bridgehead atoms. The number of carbonyl (C=O) groups excluding carboxylic acids is 2. The van der Waals surface area contributed by atoms with Crippen molar-refractivity contribution in [2.75, 3.05) is 20.1 Å². The highest BCUT2D eigenvalue weighted by molar-refractivity contribution is 5.95. The maximum absolute atomic E-state index is 12.0. The van der Waals surface area contributed by atoms with Gasteiger partial charge in [0, 0.05) is 12.6 Å². The topological polar surface area (TPSA) is 92.2 Å². The molecule has 26 heavy (non-hydrogen) atoms. The number of hydrogen-bond donors (Lipinski definition) is 2. The van der Waals surface area contributed by atoms with Crippen LogP contribution in [-0.4, -0.2) is 51.7 Å². The third kappa shape index (κ3) is 5.66. The molecule has 2 aromatic rings. The minimum atomic E-state index is -0.457. The number of aromatic nitrogens is 3. The summed E-state index contributed by atoms with van der Waals surface area (Å²) in [4.78, 5) is 29.5. The molecule has 1 aromatic carbocycles. The van der Waals surface area contributed by atoms with Crippen molar-refractivity contribution in [1.29, 1.82) is 0 Å². The highest BCUT2D eigenvalue weighted by Gasteiger charge is 2.16. The Balaban J connectivity index is 1.87. The largest absolute Gasteiger partial charge is 0.338 e. The summed E-state index contributed by atoms with van der Waals surface area (Å²) in [5, 5.41) is 9.11. The van der Waals surface area contributed by atoms with Gasteiger partial charge in [0.1, 0.15) is 12.7 Å². The molecule has 1 unspecified atom stereocenters. The van der Waals surface area contributed by atoms with Crippen LogP contribution in [0.5, 0.6) is 0 Å². The monoisotopic (exact) mass is 358 g/mol. The van der Waals surface area contributed by atoms with Crippen LogP contribution in [0.15, 0.2) is 36.9 Å². The van der Waals surface area contributed by atoms with Crippen LogP contribution in [0.2, 0.25) is 0 Å². The molecular weight excluding hydrogens is 332 g/mol. The number of nitrogens with zero attached hydrogens (tertiary/aromatic N) is 4. The molecule has 8 heteroatoms. The number of amides is 3. The van der Waals surface area contributed by atoms with Gasteiger partial charge in [0.2, 0.25) is 5.91 Å². The van der Waals surface area contributed by atoms with Gasteiger partial charge in [-0.05, 0) is 37.6 Å².